The van der Waals surface area contributed by atoms with Crippen LogP contribution < -0.4 is 0 Å². The lowest BCUT2D eigenvalue weighted by molar-refractivity contribution is 0.765. The zero-order chi connectivity index (χ0) is 16.8. The average Bonchev–Trinajstić information content (AvgIpc) is 3.26. The number of hydrogen-bond donors (Lipinski definition) is 0. The third-order valence-corrected chi connectivity index (χ3v) is 6.97. The monoisotopic (exact) mass is 373 g/mol. The normalized spacial score (nSPS) is 11.5. The van der Waals surface area contributed by atoms with Crippen LogP contribution in [0, 0.1) is 20.8 Å². The highest BCUT2D eigenvalue weighted by Crippen LogP contribution is 2.39. The molecule has 0 aliphatic carbocycles. The van der Waals surface area contributed by atoms with Crippen LogP contribution in [0.5, 0.6) is 0 Å². The highest BCUT2D eigenvalue weighted by atomic mass is 32.2. The maximum Gasteiger partial charge on any atom is 0.197 e. The second-order valence-electron chi connectivity index (χ2n) is 5.48. The van der Waals surface area contributed by atoms with Crippen LogP contribution in [0.3, 0.4) is 0 Å². The minimum atomic E-state index is 0.778. The van der Waals surface area contributed by atoms with E-state index in [4.69, 9.17) is 9.97 Å². The average molecular weight is 374 g/mol. The molecule has 0 aliphatic rings. The van der Waals surface area contributed by atoms with Gasteiger partial charge < -0.3 is 4.57 Å². The van der Waals surface area contributed by atoms with Gasteiger partial charge in [0.15, 0.2) is 11.0 Å². The van der Waals surface area contributed by atoms with Gasteiger partial charge in [-0.25, -0.2) is 9.97 Å². The van der Waals surface area contributed by atoms with Crippen molar-refractivity contribution in [2.45, 2.75) is 31.0 Å². The van der Waals surface area contributed by atoms with E-state index in [1.807, 2.05) is 30.0 Å². The summed E-state index contributed by atoms with van der Waals surface area (Å²) in [6, 6.07) is 4.08. The van der Waals surface area contributed by atoms with Gasteiger partial charge in [0.25, 0.3) is 0 Å². The van der Waals surface area contributed by atoms with E-state index >= 15 is 0 Å². The molecule has 0 amide bonds. The van der Waals surface area contributed by atoms with Crippen LogP contribution in [-0.4, -0.2) is 24.7 Å². The molecule has 0 fully saturated rings. The molecule has 0 aromatic carbocycles. The summed E-state index contributed by atoms with van der Waals surface area (Å²) >= 11 is 4.93. The van der Waals surface area contributed by atoms with E-state index in [2.05, 4.69) is 30.1 Å². The van der Waals surface area contributed by atoms with E-state index < -0.39 is 0 Å². The molecule has 24 heavy (non-hydrogen) atoms. The quantitative estimate of drug-likeness (QED) is 0.490. The van der Waals surface area contributed by atoms with Gasteiger partial charge in [-0.3, -0.25) is 0 Å². The number of fused-ring (bicyclic) bond motifs is 1. The Morgan fingerprint density at radius 3 is 2.62 bits per heavy atom. The Morgan fingerprint density at radius 2 is 1.96 bits per heavy atom. The lowest BCUT2D eigenvalue weighted by Gasteiger charge is -2.06. The van der Waals surface area contributed by atoms with Crippen molar-refractivity contribution >= 4 is 44.7 Å². The summed E-state index contributed by atoms with van der Waals surface area (Å²) in [7, 11) is 1.97. The number of aryl methyl sites for hydroxylation is 3. The lowest BCUT2D eigenvalue weighted by Crippen LogP contribution is -1.96. The first-order chi connectivity index (χ1) is 11.5. The van der Waals surface area contributed by atoms with Gasteiger partial charge in [-0.05, 0) is 49.5 Å². The summed E-state index contributed by atoms with van der Waals surface area (Å²) < 4.78 is 1.98. The molecule has 4 aromatic rings. The molecule has 122 valence electrons. The van der Waals surface area contributed by atoms with Gasteiger partial charge >= 0.3 is 0 Å². The fourth-order valence-corrected chi connectivity index (χ4v) is 5.12. The van der Waals surface area contributed by atoms with E-state index in [1.165, 1.54) is 10.4 Å². The Morgan fingerprint density at radius 1 is 1.12 bits per heavy atom. The van der Waals surface area contributed by atoms with Crippen molar-refractivity contribution in [3.63, 3.8) is 0 Å². The molecule has 0 unspecified atom stereocenters. The van der Waals surface area contributed by atoms with E-state index in [1.54, 1.807) is 34.4 Å². The van der Waals surface area contributed by atoms with Crippen molar-refractivity contribution < 1.29 is 0 Å². The third kappa shape index (κ3) is 2.54. The molecule has 8 heteroatoms. The molecule has 4 rings (SSSR count). The van der Waals surface area contributed by atoms with Gasteiger partial charge in [-0.15, -0.1) is 32.9 Å². The molecule has 4 heterocycles. The Bertz CT molecular complexity index is 1030. The van der Waals surface area contributed by atoms with Gasteiger partial charge in [-0.2, -0.15) is 0 Å². The van der Waals surface area contributed by atoms with Gasteiger partial charge in [0.05, 0.1) is 4.88 Å². The molecule has 5 nitrogen and oxygen atoms in total. The fourth-order valence-electron chi connectivity index (χ4n) is 2.37. The third-order valence-electron chi connectivity index (χ3n) is 3.98. The van der Waals surface area contributed by atoms with Crippen LogP contribution in [0.4, 0.5) is 0 Å². The number of hydrogen-bond acceptors (Lipinski definition) is 7. The number of nitrogens with zero attached hydrogens (tertiary/aromatic N) is 5. The summed E-state index contributed by atoms with van der Waals surface area (Å²) in [5.74, 6) is 1.67. The van der Waals surface area contributed by atoms with Crippen LogP contribution in [0.2, 0.25) is 0 Å². The van der Waals surface area contributed by atoms with Gasteiger partial charge in [0.1, 0.15) is 15.7 Å². The second kappa shape index (κ2) is 5.94. The van der Waals surface area contributed by atoms with Crippen molar-refractivity contribution in [3.05, 3.63) is 33.8 Å². The number of thiophene rings is 2. The molecule has 4 aromatic heterocycles. The lowest BCUT2D eigenvalue weighted by atomic mass is 10.2. The van der Waals surface area contributed by atoms with Gasteiger partial charge in [0, 0.05) is 17.3 Å². The molecule has 0 saturated heterocycles. The van der Waals surface area contributed by atoms with Gasteiger partial charge in [-0.1, -0.05) is 6.07 Å². The minimum absolute atomic E-state index is 0.778. The van der Waals surface area contributed by atoms with Crippen LogP contribution in [0.15, 0.2) is 27.7 Å². The predicted molar refractivity (Wildman–Crippen MR) is 100 cm³/mol. The van der Waals surface area contributed by atoms with Crippen LogP contribution >= 0.6 is 34.4 Å². The first-order valence-electron chi connectivity index (χ1n) is 7.40. The predicted octanol–water partition coefficient (Wildman–Crippen LogP) is 4.62. The minimum Gasteiger partial charge on any atom is -0.309 e. The van der Waals surface area contributed by atoms with Gasteiger partial charge in [0.2, 0.25) is 0 Å². The number of rotatable bonds is 3. The summed E-state index contributed by atoms with van der Waals surface area (Å²) in [4.78, 5) is 13.0. The van der Waals surface area contributed by atoms with Crippen molar-refractivity contribution in [3.8, 4) is 10.7 Å². The fraction of sp³-hybridized carbons (Fsp3) is 0.250. The zero-order valence-electron chi connectivity index (χ0n) is 13.7. The second-order valence-corrected chi connectivity index (χ2v) is 8.59. The molecular weight excluding hydrogens is 358 g/mol. The smallest absolute Gasteiger partial charge is 0.197 e. The highest BCUT2D eigenvalue weighted by Gasteiger charge is 2.18. The standard InChI is InChI=1S/C16H15N5S3/c1-8-9(2)23-14-12(8)15(24-16-20-19-10(3)21(16)4)18-13(17-14)11-6-5-7-22-11/h5-7H,1-4H3. The summed E-state index contributed by atoms with van der Waals surface area (Å²) in [6.45, 7) is 6.21. The number of aromatic nitrogens is 5. The molecule has 0 radical (unpaired) electrons. The van der Waals surface area contributed by atoms with Crippen LogP contribution in [0.25, 0.3) is 20.9 Å². The molecule has 0 atom stereocenters. The summed E-state index contributed by atoms with van der Waals surface area (Å²) in [5, 5.41) is 13.4. The maximum atomic E-state index is 4.85. The Balaban J connectivity index is 1.92. The first-order valence-corrected chi connectivity index (χ1v) is 9.91. The summed E-state index contributed by atoms with van der Waals surface area (Å²) in [6.07, 6.45) is 0. The van der Waals surface area contributed by atoms with Crippen molar-refractivity contribution in [2.75, 3.05) is 0 Å². The SMILES string of the molecule is Cc1sc2nc(-c3cccs3)nc(Sc3nnc(C)n3C)c2c1C. The zero-order valence-corrected chi connectivity index (χ0v) is 16.1. The highest BCUT2D eigenvalue weighted by molar-refractivity contribution is 7.99. The summed E-state index contributed by atoms with van der Waals surface area (Å²) in [5.41, 5.74) is 1.24. The Kier molecular flexibility index (Phi) is 3.90. The van der Waals surface area contributed by atoms with E-state index in [-0.39, 0.29) is 0 Å². The van der Waals surface area contributed by atoms with E-state index in [0.29, 0.717) is 0 Å². The molecule has 0 bridgehead atoms. The largest absolute Gasteiger partial charge is 0.309 e. The molecular formula is C16H15N5S3. The Hall–Kier alpha value is -1.77. The topological polar surface area (TPSA) is 56.5 Å². The molecule has 0 saturated carbocycles. The van der Waals surface area contributed by atoms with Crippen molar-refractivity contribution in [2.24, 2.45) is 7.05 Å². The van der Waals surface area contributed by atoms with E-state index in [9.17, 15) is 0 Å². The molecule has 0 spiro atoms. The molecule has 0 N–H and O–H groups in total. The Labute approximate surface area is 151 Å². The van der Waals surface area contributed by atoms with E-state index in [0.717, 1.165) is 36.9 Å². The molecule has 0 aliphatic heterocycles. The first kappa shape index (κ1) is 15.7. The van der Waals surface area contributed by atoms with Crippen molar-refractivity contribution in [1.82, 2.24) is 24.7 Å². The maximum absolute atomic E-state index is 4.85. The van der Waals surface area contributed by atoms with Crippen LogP contribution in [-0.2, 0) is 7.05 Å². The van der Waals surface area contributed by atoms with Crippen LogP contribution in [0.1, 0.15) is 16.3 Å². The van der Waals surface area contributed by atoms with Crippen molar-refractivity contribution in [1.29, 1.82) is 0 Å².